The van der Waals surface area contributed by atoms with Gasteiger partial charge in [-0.15, -0.1) is 0 Å². The molecule has 0 bridgehead atoms. The van der Waals surface area contributed by atoms with Crippen LogP contribution in [0.4, 0.5) is 0 Å². The smallest absolute Gasteiger partial charge is 0.190 e. The molecule has 0 amide bonds. The number of hydrogen-bond donors (Lipinski definition) is 2. The molecule has 0 saturated carbocycles. The Balaban J connectivity index is 2.16. The predicted octanol–water partition coefficient (Wildman–Crippen LogP) is 2.62. The second kappa shape index (κ2) is 11.2. The van der Waals surface area contributed by atoms with Crippen molar-refractivity contribution in [3.8, 4) is 5.75 Å². The van der Waals surface area contributed by atoms with Crippen molar-refractivity contribution >= 4 is 17.6 Å². The molecule has 2 N–H and O–H groups in total. The first-order chi connectivity index (χ1) is 10.7. The zero-order valence-corrected chi connectivity index (χ0v) is 14.4. The van der Waals surface area contributed by atoms with Crippen molar-refractivity contribution < 1.29 is 9.47 Å². The normalized spacial score (nSPS) is 11.4. The van der Waals surface area contributed by atoms with Crippen LogP contribution in [-0.4, -0.2) is 46.4 Å². The molecule has 1 aromatic rings. The van der Waals surface area contributed by atoms with Crippen molar-refractivity contribution in [2.24, 2.45) is 4.99 Å². The highest BCUT2D eigenvalue weighted by atomic mass is 35.5. The number of halogens is 1. The van der Waals surface area contributed by atoms with Gasteiger partial charge in [-0.05, 0) is 43.5 Å². The lowest BCUT2D eigenvalue weighted by molar-refractivity contribution is 0.195. The van der Waals surface area contributed by atoms with E-state index in [1.165, 1.54) is 0 Å². The van der Waals surface area contributed by atoms with Crippen molar-refractivity contribution in [3.05, 3.63) is 28.8 Å². The van der Waals surface area contributed by atoms with Gasteiger partial charge in [-0.2, -0.15) is 0 Å². The number of aryl methyl sites for hydroxylation is 1. The summed E-state index contributed by atoms with van der Waals surface area (Å²) in [6.45, 7) is 5.03. The highest BCUT2D eigenvalue weighted by molar-refractivity contribution is 6.30. The topological polar surface area (TPSA) is 54.9 Å². The van der Waals surface area contributed by atoms with Crippen molar-refractivity contribution in [3.63, 3.8) is 0 Å². The van der Waals surface area contributed by atoms with E-state index in [1.807, 2.05) is 25.1 Å². The Morgan fingerprint density at radius 2 is 1.86 bits per heavy atom. The van der Waals surface area contributed by atoms with Crippen LogP contribution >= 0.6 is 11.6 Å². The van der Waals surface area contributed by atoms with Crippen molar-refractivity contribution in [1.29, 1.82) is 0 Å². The van der Waals surface area contributed by atoms with Gasteiger partial charge in [-0.1, -0.05) is 11.6 Å². The minimum absolute atomic E-state index is 0.649. The Morgan fingerprint density at radius 3 is 2.45 bits per heavy atom. The lowest BCUT2D eigenvalue weighted by Gasteiger charge is -2.12. The Bertz CT molecular complexity index is 467. The van der Waals surface area contributed by atoms with E-state index >= 15 is 0 Å². The number of methoxy groups -OCH3 is 1. The number of aliphatic imine (C=N–C) groups is 1. The maximum absolute atomic E-state index is 5.92. The zero-order valence-electron chi connectivity index (χ0n) is 13.6. The van der Waals surface area contributed by atoms with Gasteiger partial charge in [-0.25, -0.2) is 0 Å². The molecule has 0 aliphatic carbocycles. The molecule has 0 heterocycles. The molecule has 22 heavy (non-hydrogen) atoms. The SMILES string of the molecule is CN=C(NCCCOC)NCCCOc1ccc(Cl)cc1C. The molecule has 6 heteroatoms. The third kappa shape index (κ3) is 7.52. The lowest BCUT2D eigenvalue weighted by Crippen LogP contribution is -2.38. The second-order valence-electron chi connectivity index (χ2n) is 4.88. The summed E-state index contributed by atoms with van der Waals surface area (Å²) in [7, 11) is 3.47. The molecule has 0 aliphatic rings. The standard InChI is InChI=1S/C16H26ClN3O2/c1-13-12-14(17)6-7-15(13)22-11-5-9-20-16(18-2)19-8-4-10-21-3/h6-7,12H,4-5,8-11H2,1-3H3,(H2,18,19,20). The Morgan fingerprint density at radius 1 is 1.18 bits per heavy atom. The third-order valence-electron chi connectivity index (χ3n) is 3.05. The Labute approximate surface area is 138 Å². The Hall–Kier alpha value is -1.46. The maximum atomic E-state index is 5.92. The number of hydrogen-bond acceptors (Lipinski definition) is 3. The lowest BCUT2D eigenvalue weighted by atomic mass is 10.2. The molecule has 0 atom stereocenters. The number of benzene rings is 1. The zero-order chi connectivity index (χ0) is 16.2. The molecule has 1 aromatic carbocycles. The van der Waals surface area contributed by atoms with E-state index in [9.17, 15) is 0 Å². The molecular weight excluding hydrogens is 302 g/mol. The molecule has 0 fully saturated rings. The summed E-state index contributed by atoms with van der Waals surface area (Å²) < 4.78 is 10.7. The molecule has 0 radical (unpaired) electrons. The summed E-state index contributed by atoms with van der Waals surface area (Å²) >= 11 is 5.92. The van der Waals surface area contributed by atoms with E-state index in [0.717, 1.165) is 54.8 Å². The van der Waals surface area contributed by atoms with Crippen molar-refractivity contribution in [2.75, 3.05) is 40.5 Å². The van der Waals surface area contributed by atoms with Gasteiger partial charge in [-0.3, -0.25) is 4.99 Å². The average Bonchev–Trinajstić information content (AvgIpc) is 2.51. The van der Waals surface area contributed by atoms with Gasteiger partial charge in [0, 0.05) is 38.9 Å². The van der Waals surface area contributed by atoms with Crippen LogP contribution in [0.2, 0.25) is 5.02 Å². The van der Waals surface area contributed by atoms with Crippen LogP contribution in [0.3, 0.4) is 0 Å². The third-order valence-corrected chi connectivity index (χ3v) is 3.28. The van der Waals surface area contributed by atoms with E-state index in [0.29, 0.717) is 6.61 Å². The first kappa shape index (κ1) is 18.6. The largest absolute Gasteiger partial charge is 0.493 e. The van der Waals surface area contributed by atoms with Gasteiger partial charge < -0.3 is 20.1 Å². The minimum Gasteiger partial charge on any atom is -0.493 e. The summed E-state index contributed by atoms with van der Waals surface area (Å²) in [6, 6.07) is 5.65. The second-order valence-corrected chi connectivity index (χ2v) is 5.32. The molecule has 0 aromatic heterocycles. The number of ether oxygens (including phenoxy) is 2. The van der Waals surface area contributed by atoms with E-state index in [-0.39, 0.29) is 0 Å². The van der Waals surface area contributed by atoms with Crippen LogP contribution in [0.25, 0.3) is 0 Å². The average molecular weight is 328 g/mol. The number of rotatable bonds is 9. The first-order valence-electron chi connectivity index (χ1n) is 7.49. The first-order valence-corrected chi connectivity index (χ1v) is 7.87. The fourth-order valence-corrected chi connectivity index (χ4v) is 2.11. The number of nitrogens with zero attached hydrogens (tertiary/aromatic N) is 1. The molecule has 5 nitrogen and oxygen atoms in total. The van der Waals surface area contributed by atoms with Crippen LogP contribution in [0.5, 0.6) is 5.75 Å². The van der Waals surface area contributed by atoms with E-state index in [4.69, 9.17) is 21.1 Å². The number of nitrogens with one attached hydrogen (secondary N) is 2. The van der Waals surface area contributed by atoms with Gasteiger partial charge in [0.2, 0.25) is 0 Å². The van der Waals surface area contributed by atoms with Gasteiger partial charge in [0.15, 0.2) is 5.96 Å². The molecule has 0 saturated heterocycles. The molecule has 0 unspecified atom stereocenters. The fourth-order valence-electron chi connectivity index (χ4n) is 1.88. The van der Waals surface area contributed by atoms with Crippen LogP contribution < -0.4 is 15.4 Å². The van der Waals surface area contributed by atoms with Crippen molar-refractivity contribution in [2.45, 2.75) is 19.8 Å². The summed E-state index contributed by atoms with van der Waals surface area (Å²) in [5.74, 6) is 1.69. The van der Waals surface area contributed by atoms with Gasteiger partial charge in [0.05, 0.1) is 6.61 Å². The predicted molar refractivity (Wildman–Crippen MR) is 92.2 cm³/mol. The number of guanidine groups is 1. The monoisotopic (exact) mass is 327 g/mol. The highest BCUT2D eigenvalue weighted by Crippen LogP contribution is 2.21. The molecule has 0 aliphatic heterocycles. The Kier molecular flexibility index (Phi) is 9.42. The van der Waals surface area contributed by atoms with Crippen LogP contribution in [-0.2, 0) is 4.74 Å². The highest BCUT2D eigenvalue weighted by Gasteiger charge is 2.01. The maximum Gasteiger partial charge on any atom is 0.190 e. The molecule has 1 rings (SSSR count). The van der Waals surface area contributed by atoms with Crippen molar-refractivity contribution in [1.82, 2.24) is 10.6 Å². The summed E-state index contributed by atoms with van der Waals surface area (Å²) in [5, 5.41) is 7.22. The summed E-state index contributed by atoms with van der Waals surface area (Å²) in [6.07, 6.45) is 1.84. The summed E-state index contributed by atoms with van der Waals surface area (Å²) in [5.41, 5.74) is 1.05. The van der Waals surface area contributed by atoms with Gasteiger partial charge in [0.25, 0.3) is 0 Å². The summed E-state index contributed by atoms with van der Waals surface area (Å²) in [4.78, 5) is 4.16. The van der Waals surface area contributed by atoms with E-state index in [1.54, 1.807) is 14.2 Å². The molecule has 124 valence electrons. The molecular formula is C16H26ClN3O2. The van der Waals surface area contributed by atoms with E-state index in [2.05, 4.69) is 15.6 Å². The van der Waals surface area contributed by atoms with Crippen LogP contribution in [0.15, 0.2) is 23.2 Å². The van der Waals surface area contributed by atoms with Crippen LogP contribution in [0.1, 0.15) is 18.4 Å². The minimum atomic E-state index is 0.649. The van der Waals surface area contributed by atoms with Gasteiger partial charge in [0.1, 0.15) is 5.75 Å². The molecule has 0 spiro atoms. The van der Waals surface area contributed by atoms with Crippen LogP contribution in [0, 0.1) is 6.92 Å². The fraction of sp³-hybridized carbons (Fsp3) is 0.562. The van der Waals surface area contributed by atoms with E-state index < -0.39 is 0 Å². The van der Waals surface area contributed by atoms with Gasteiger partial charge >= 0.3 is 0 Å². The quantitative estimate of drug-likeness (QED) is 0.416.